The second-order valence-electron chi connectivity index (χ2n) is 3.45. The molecule has 1 amide bonds. The summed E-state index contributed by atoms with van der Waals surface area (Å²) >= 11 is 0. The van der Waals surface area contributed by atoms with Gasteiger partial charge in [-0.3, -0.25) is 4.79 Å². The zero-order valence-electron chi connectivity index (χ0n) is 9.95. The van der Waals surface area contributed by atoms with E-state index in [1.54, 1.807) is 6.92 Å². The van der Waals surface area contributed by atoms with Gasteiger partial charge in [0.2, 0.25) is 5.91 Å². The highest BCUT2D eigenvalue weighted by Crippen LogP contribution is 2.03. The lowest BCUT2D eigenvalue weighted by atomic mass is 10.3. The third kappa shape index (κ3) is 3.66. The first kappa shape index (κ1) is 12.7. The monoisotopic (exact) mass is 226 g/mol. The molecule has 0 aliphatic carbocycles. The number of aryl methyl sites for hydroxylation is 1. The fraction of sp³-hybridized carbons (Fsp3) is 0.636. The summed E-state index contributed by atoms with van der Waals surface area (Å²) in [6.45, 7) is 6.45. The van der Waals surface area contributed by atoms with Crippen LogP contribution in [-0.2, 0) is 22.5 Å². The minimum absolute atomic E-state index is 0.142. The number of nitrogens with zero attached hydrogens (tertiary/aromatic N) is 1. The molecule has 0 radical (unpaired) electrons. The molecule has 1 heterocycles. The summed E-state index contributed by atoms with van der Waals surface area (Å²) < 4.78 is 10.2. The van der Waals surface area contributed by atoms with Gasteiger partial charge < -0.3 is 14.6 Å². The lowest BCUT2D eigenvalue weighted by molar-refractivity contribution is -0.131. The van der Waals surface area contributed by atoms with Crippen LogP contribution in [0.5, 0.6) is 0 Å². The van der Waals surface area contributed by atoms with Gasteiger partial charge in [0.15, 0.2) is 5.76 Å². The van der Waals surface area contributed by atoms with Crippen LogP contribution in [0.2, 0.25) is 0 Å². The fourth-order valence-electron chi connectivity index (χ4n) is 1.25. The number of nitrogens with one attached hydrogen (secondary N) is 1. The largest absolute Gasteiger partial charge is 0.369 e. The van der Waals surface area contributed by atoms with Crippen molar-refractivity contribution < 1.29 is 14.1 Å². The molecule has 1 aromatic rings. The standard InChI is InChI=1S/C11H18N2O3/c1-4-9-6-10(16-13-9)7-12-11(14)8(3)15-5-2/h6,8H,4-5,7H2,1-3H3,(H,12,14)/t8-/m0/s1. The highest BCUT2D eigenvalue weighted by atomic mass is 16.5. The van der Waals surface area contributed by atoms with Crippen LogP contribution in [0, 0.1) is 0 Å². The minimum Gasteiger partial charge on any atom is -0.369 e. The smallest absolute Gasteiger partial charge is 0.249 e. The van der Waals surface area contributed by atoms with Crippen molar-refractivity contribution in [1.82, 2.24) is 10.5 Å². The molecule has 16 heavy (non-hydrogen) atoms. The van der Waals surface area contributed by atoms with E-state index < -0.39 is 6.10 Å². The van der Waals surface area contributed by atoms with Gasteiger partial charge in [0.25, 0.3) is 0 Å². The van der Waals surface area contributed by atoms with E-state index in [2.05, 4.69) is 10.5 Å². The third-order valence-electron chi connectivity index (χ3n) is 2.19. The van der Waals surface area contributed by atoms with Crippen molar-refractivity contribution in [3.63, 3.8) is 0 Å². The summed E-state index contributed by atoms with van der Waals surface area (Å²) in [7, 11) is 0. The van der Waals surface area contributed by atoms with Gasteiger partial charge in [0.1, 0.15) is 6.10 Å². The second-order valence-corrected chi connectivity index (χ2v) is 3.45. The van der Waals surface area contributed by atoms with Gasteiger partial charge >= 0.3 is 0 Å². The van der Waals surface area contributed by atoms with E-state index in [0.29, 0.717) is 18.9 Å². The summed E-state index contributed by atoms with van der Waals surface area (Å²) in [5.74, 6) is 0.519. The first-order valence-corrected chi connectivity index (χ1v) is 5.51. The molecule has 1 rings (SSSR count). The first-order valence-electron chi connectivity index (χ1n) is 5.51. The van der Waals surface area contributed by atoms with E-state index >= 15 is 0 Å². The Bertz CT molecular complexity index is 336. The Labute approximate surface area is 95.1 Å². The molecule has 0 saturated heterocycles. The molecule has 0 fully saturated rings. The predicted octanol–water partition coefficient (Wildman–Crippen LogP) is 1.28. The Morgan fingerprint density at radius 3 is 2.94 bits per heavy atom. The topological polar surface area (TPSA) is 64.4 Å². The third-order valence-corrected chi connectivity index (χ3v) is 2.19. The van der Waals surface area contributed by atoms with E-state index in [4.69, 9.17) is 9.26 Å². The number of ether oxygens (including phenoxy) is 1. The quantitative estimate of drug-likeness (QED) is 0.793. The average molecular weight is 226 g/mol. The van der Waals surface area contributed by atoms with Crippen LogP contribution < -0.4 is 5.32 Å². The number of hydrogen-bond donors (Lipinski definition) is 1. The maximum Gasteiger partial charge on any atom is 0.249 e. The number of amides is 1. The summed E-state index contributed by atoms with van der Waals surface area (Å²) in [4.78, 5) is 11.5. The van der Waals surface area contributed by atoms with E-state index in [-0.39, 0.29) is 5.91 Å². The fourth-order valence-corrected chi connectivity index (χ4v) is 1.25. The van der Waals surface area contributed by atoms with Gasteiger partial charge in [-0.05, 0) is 20.3 Å². The van der Waals surface area contributed by atoms with Gasteiger partial charge in [-0.25, -0.2) is 0 Å². The van der Waals surface area contributed by atoms with Gasteiger partial charge in [-0.2, -0.15) is 0 Å². The van der Waals surface area contributed by atoms with E-state index in [1.165, 1.54) is 0 Å². The zero-order chi connectivity index (χ0) is 12.0. The minimum atomic E-state index is -0.432. The normalized spacial score (nSPS) is 12.4. The Balaban J connectivity index is 2.36. The van der Waals surface area contributed by atoms with Gasteiger partial charge in [0, 0.05) is 12.7 Å². The van der Waals surface area contributed by atoms with Crippen molar-refractivity contribution in [3.8, 4) is 0 Å². The highest BCUT2D eigenvalue weighted by Gasteiger charge is 2.12. The van der Waals surface area contributed by atoms with Crippen molar-refractivity contribution >= 4 is 5.91 Å². The summed E-state index contributed by atoms with van der Waals surface area (Å²) in [6, 6.07) is 1.84. The molecule has 0 saturated carbocycles. The molecule has 0 aliphatic heterocycles. The second kappa shape index (κ2) is 6.27. The van der Waals surface area contributed by atoms with Crippen LogP contribution in [0.3, 0.4) is 0 Å². The summed E-state index contributed by atoms with van der Waals surface area (Å²) in [5.41, 5.74) is 0.891. The molecule has 0 aromatic carbocycles. The Morgan fingerprint density at radius 2 is 2.38 bits per heavy atom. The van der Waals surface area contributed by atoms with Crippen molar-refractivity contribution in [1.29, 1.82) is 0 Å². The number of rotatable bonds is 6. The Hall–Kier alpha value is -1.36. The van der Waals surface area contributed by atoms with E-state index in [0.717, 1.165) is 12.1 Å². The lowest BCUT2D eigenvalue weighted by Crippen LogP contribution is -2.33. The summed E-state index contributed by atoms with van der Waals surface area (Å²) in [6.07, 6.45) is 0.394. The molecule has 5 heteroatoms. The van der Waals surface area contributed by atoms with Gasteiger partial charge in [-0.1, -0.05) is 12.1 Å². The molecule has 0 bridgehead atoms. The van der Waals surface area contributed by atoms with Crippen LogP contribution in [0.4, 0.5) is 0 Å². The predicted molar refractivity (Wildman–Crippen MR) is 58.8 cm³/mol. The number of carbonyl (C=O) groups is 1. The van der Waals surface area contributed by atoms with Crippen molar-refractivity contribution in [2.45, 2.75) is 39.8 Å². The molecule has 1 N–H and O–H groups in total. The van der Waals surface area contributed by atoms with Crippen LogP contribution >= 0.6 is 0 Å². The molecule has 90 valence electrons. The maximum absolute atomic E-state index is 11.5. The maximum atomic E-state index is 11.5. The number of hydrogen-bond acceptors (Lipinski definition) is 4. The van der Waals surface area contributed by atoms with Gasteiger partial charge in [0.05, 0.1) is 12.2 Å². The van der Waals surface area contributed by atoms with Crippen LogP contribution in [-0.4, -0.2) is 23.8 Å². The van der Waals surface area contributed by atoms with Crippen molar-refractivity contribution in [2.24, 2.45) is 0 Å². The van der Waals surface area contributed by atoms with Gasteiger partial charge in [-0.15, -0.1) is 0 Å². The molecule has 1 atom stereocenters. The molecule has 0 spiro atoms. The molecule has 0 unspecified atom stereocenters. The zero-order valence-corrected chi connectivity index (χ0v) is 9.95. The average Bonchev–Trinajstić information content (AvgIpc) is 2.74. The summed E-state index contributed by atoms with van der Waals surface area (Å²) in [5, 5.41) is 6.56. The molecule has 5 nitrogen and oxygen atoms in total. The highest BCUT2D eigenvalue weighted by molar-refractivity contribution is 5.80. The Morgan fingerprint density at radius 1 is 1.62 bits per heavy atom. The molecule has 1 aromatic heterocycles. The van der Waals surface area contributed by atoms with E-state index in [1.807, 2.05) is 19.9 Å². The van der Waals surface area contributed by atoms with Crippen molar-refractivity contribution in [2.75, 3.05) is 6.61 Å². The molecular weight excluding hydrogens is 208 g/mol. The SMILES string of the molecule is CCO[C@@H](C)C(=O)NCc1cc(CC)no1. The number of aromatic nitrogens is 1. The first-order chi connectivity index (χ1) is 7.67. The number of carbonyl (C=O) groups excluding carboxylic acids is 1. The van der Waals surface area contributed by atoms with Crippen molar-refractivity contribution in [3.05, 3.63) is 17.5 Å². The lowest BCUT2D eigenvalue weighted by Gasteiger charge is -2.10. The Kier molecular flexibility index (Phi) is 4.98. The molecular formula is C11H18N2O3. The van der Waals surface area contributed by atoms with Crippen LogP contribution in [0.1, 0.15) is 32.2 Å². The van der Waals surface area contributed by atoms with Crippen LogP contribution in [0.15, 0.2) is 10.6 Å². The van der Waals surface area contributed by atoms with E-state index in [9.17, 15) is 4.79 Å². The van der Waals surface area contributed by atoms with Crippen LogP contribution in [0.25, 0.3) is 0 Å². The molecule has 0 aliphatic rings.